The summed E-state index contributed by atoms with van der Waals surface area (Å²) >= 11 is 0. The number of esters is 1. The Morgan fingerprint density at radius 3 is 2.34 bits per heavy atom. The summed E-state index contributed by atoms with van der Waals surface area (Å²) in [6, 6.07) is 14.3. The lowest BCUT2D eigenvalue weighted by molar-refractivity contribution is -0.140. The van der Waals surface area contributed by atoms with Gasteiger partial charge in [0.15, 0.2) is 0 Å². The zero-order valence-electron chi connectivity index (χ0n) is 16.8. The SMILES string of the molecule is COC(=O)CCc1ccc(N2CCN(c3ccc4c(c3)CCNCC4)C2=O)cc1. The number of urea groups is 1. The molecule has 6 nitrogen and oxygen atoms in total. The fourth-order valence-corrected chi connectivity index (χ4v) is 4.04. The van der Waals surface area contributed by atoms with E-state index in [-0.39, 0.29) is 12.0 Å². The first-order valence-corrected chi connectivity index (χ1v) is 10.2. The molecule has 0 unspecified atom stereocenters. The molecule has 0 aliphatic carbocycles. The monoisotopic (exact) mass is 393 g/mol. The van der Waals surface area contributed by atoms with Crippen molar-refractivity contribution in [1.29, 1.82) is 0 Å². The van der Waals surface area contributed by atoms with Crippen LogP contribution in [0, 0.1) is 0 Å². The highest BCUT2D eigenvalue weighted by Crippen LogP contribution is 2.28. The van der Waals surface area contributed by atoms with E-state index in [1.54, 1.807) is 0 Å². The third kappa shape index (κ3) is 4.27. The van der Waals surface area contributed by atoms with Crippen molar-refractivity contribution in [3.8, 4) is 0 Å². The van der Waals surface area contributed by atoms with Gasteiger partial charge in [0.05, 0.1) is 7.11 Å². The van der Waals surface area contributed by atoms with Gasteiger partial charge in [0, 0.05) is 30.9 Å². The van der Waals surface area contributed by atoms with E-state index in [1.807, 2.05) is 34.1 Å². The molecule has 1 saturated heterocycles. The van der Waals surface area contributed by atoms with E-state index in [4.69, 9.17) is 0 Å². The van der Waals surface area contributed by atoms with E-state index in [9.17, 15) is 9.59 Å². The molecule has 0 bridgehead atoms. The van der Waals surface area contributed by atoms with Gasteiger partial charge in [0.1, 0.15) is 0 Å². The zero-order chi connectivity index (χ0) is 20.2. The largest absolute Gasteiger partial charge is 0.469 e. The number of fused-ring (bicyclic) bond motifs is 1. The minimum atomic E-state index is -0.212. The Bertz CT molecular complexity index is 895. The summed E-state index contributed by atoms with van der Waals surface area (Å²) in [6.07, 6.45) is 3.04. The summed E-state index contributed by atoms with van der Waals surface area (Å²) in [4.78, 5) is 28.0. The second-order valence-corrected chi connectivity index (χ2v) is 7.53. The molecule has 2 aliphatic heterocycles. The van der Waals surface area contributed by atoms with Crippen molar-refractivity contribution < 1.29 is 14.3 Å². The first-order chi connectivity index (χ1) is 14.2. The molecule has 4 rings (SSSR count). The molecule has 6 heteroatoms. The first-order valence-electron chi connectivity index (χ1n) is 10.2. The first kappa shape index (κ1) is 19.5. The van der Waals surface area contributed by atoms with Gasteiger partial charge in [-0.15, -0.1) is 0 Å². The topological polar surface area (TPSA) is 61.9 Å². The van der Waals surface area contributed by atoms with E-state index in [0.717, 1.165) is 42.9 Å². The maximum absolute atomic E-state index is 13.1. The van der Waals surface area contributed by atoms with Crippen LogP contribution in [-0.4, -0.2) is 45.3 Å². The number of hydrogen-bond acceptors (Lipinski definition) is 4. The van der Waals surface area contributed by atoms with Crippen LogP contribution in [0.1, 0.15) is 23.1 Å². The quantitative estimate of drug-likeness (QED) is 0.794. The molecule has 0 saturated carbocycles. The molecule has 0 atom stereocenters. The predicted molar refractivity (Wildman–Crippen MR) is 114 cm³/mol. The molecule has 2 heterocycles. The molecule has 2 aromatic rings. The van der Waals surface area contributed by atoms with Crippen LogP contribution >= 0.6 is 0 Å². The number of nitrogens with one attached hydrogen (secondary N) is 1. The molecule has 2 amide bonds. The van der Waals surface area contributed by atoms with Gasteiger partial charge in [-0.1, -0.05) is 18.2 Å². The molecule has 2 aromatic carbocycles. The summed E-state index contributed by atoms with van der Waals surface area (Å²) in [5.41, 5.74) is 5.65. The maximum Gasteiger partial charge on any atom is 0.329 e. The number of ether oxygens (including phenoxy) is 1. The van der Waals surface area contributed by atoms with Crippen LogP contribution in [0.4, 0.5) is 16.2 Å². The van der Waals surface area contributed by atoms with E-state index < -0.39 is 0 Å². The summed E-state index contributed by atoms with van der Waals surface area (Å²) in [7, 11) is 1.40. The van der Waals surface area contributed by atoms with E-state index in [1.165, 1.54) is 18.2 Å². The third-order valence-corrected chi connectivity index (χ3v) is 5.75. The van der Waals surface area contributed by atoms with Gasteiger partial charge in [0.25, 0.3) is 0 Å². The van der Waals surface area contributed by atoms with E-state index >= 15 is 0 Å². The molecule has 1 N–H and O–H groups in total. The molecule has 0 spiro atoms. The van der Waals surface area contributed by atoms with Crippen LogP contribution in [0.15, 0.2) is 42.5 Å². The highest BCUT2D eigenvalue weighted by Gasteiger charge is 2.31. The lowest BCUT2D eigenvalue weighted by Crippen LogP contribution is -2.31. The predicted octanol–water partition coefficient (Wildman–Crippen LogP) is 2.93. The molecular weight excluding hydrogens is 366 g/mol. The van der Waals surface area contributed by atoms with Crippen LogP contribution in [0.2, 0.25) is 0 Å². The van der Waals surface area contributed by atoms with Crippen LogP contribution in [-0.2, 0) is 28.8 Å². The molecule has 0 aromatic heterocycles. The van der Waals surface area contributed by atoms with Gasteiger partial charge in [-0.05, 0) is 73.3 Å². The number of benzene rings is 2. The molecule has 0 radical (unpaired) electrons. The van der Waals surface area contributed by atoms with E-state index in [2.05, 4.69) is 28.3 Å². The third-order valence-electron chi connectivity index (χ3n) is 5.75. The average Bonchev–Trinajstić information content (AvgIpc) is 2.98. The normalized spacial score (nSPS) is 16.5. The number of nitrogens with zero attached hydrogens (tertiary/aromatic N) is 2. The Morgan fingerprint density at radius 2 is 1.62 bits per heavy atom. The molecule has 2 aliphatic rings. The Kier molecular flexibility index (Phi) is 5.81. The minimum Gasteiger partial charge on any atom is -0.469 e. The van der Waals surface area contributed by atoms with Crippen molar-refractivity contribution in [2.24, 2.45) is 0 Å². The van der Waals surface area contributed by atoms with Crippen LogP contribution < -0.4 is 15.1 Å². The van der Waals surface area contributed by atoms with Crippen molar-refractivity contribution in [1.82, 2.24) is 5.32 Å². The van der Waals surface area contributed by atoms with Gasteiger partial charge in [-0.25, -0.2) is 4.79 Å². The van der Waals surface area contributed by atoms with Crippen molar-refractivity contribution in [2.75, 3.05) is 43.1 Å². The minimum absolute atomic E-state index is 0.0130. The Morgan fingerprint density at radius 1 is 0.966 bits per heavy atom. The highest BCUT2D eigenvalue weighted by atomic mass is 16.5. The summed E-state index contributed by atoms with van der Waals surface area (Å²) in [6.45, 7) is 3.34. The number of methoxy groups -OCH3 is 1. The highest BCUT2D eigenvalue weighted by molar-refractivity contribution is 6.06. The van der Waals surface area contributed by atoms with Crippen molar-refractivity contribution in [3.05, 3.63) is 59.2 Å². The van der Waals surface area contributed by atoms with Gasteiger partial charge in [-0.2, -0.15) is 0 Å². The Hall–Kier alpha value is -2.86. The van der Waals surface area contributed by atoms with E-state index in [0.29, 0.717) is 25.9 Å². The Labute approximate surface area is 171 Å². The van der Waals surface area contributed by atoms with Gasteiger partial charge in [0.2, 0.25) is 0 Å². The fourth-order valence-electron chi connectivity index (χ4n) is 4.04. The van der Waals surface area contributed by atoms with Gasteiger partial charge in [-0.3, -0.25) is 14.6 Å². The number of carbonyl (C=O) groups is 2. The van der Waals surface area contributed by atoms with Crippen molar-refractivity contribution >= 4 is 23.4 Å². The van der Waals surface area contributed by atoms with Gasteiger partial charge < -0.3 is 10.1 Å². The second kappa shape index (κ2) is 8.66. The van der Waals surface area contributed by atoms with Crippen LogP contribution in [0.25, 0.3) is 0 Å². The zero-order valence-corrected chi connectivity index (χ0v) is 16.8. The maximum atomic E-state index is 13.1. The standard InChI is InChI=1S/C23H27N3O3/c1-29-22(27)9-4-17-2-6-20(7-3-17)25-14-15-26(23(25)28)21-8-5-18-10-12-24-13-11-19(18)16-21/h2-3,5-8,16,24H,4,9-15H2,1H3. The molecular formula is C23H27N3O3. The van der Waals surface area contributed by atoms with Crippen LogP contribution in [0.5, 0.6) is 0 Å². The molecule has 152 valence electrons. The average molecular weight is 393 g/mol. The summed E-state index contributed by atoms with van der Waals surface area (Å²) < 4.78 is 4.69. The smallest absolute Gasteiger partial charge is 0.329 e. The second-order valence-electron chi connectivity index (χ2n) is 7.53. The lowest BCUT2D eigenvalue weighted by Gasteiger charge is -2.20. The number of aryl methyl sites for hydroxylation is 1. The number of anilines is 2. The number of amides is 2. The number of rotatable bonds is 5. The fraction of sp³-hybridized carbons (Fsp3) is 0.391. The van der Waals surface area contributed by atoms with Gasteiger partial charge >= 0.3 is 12.0 Å². The van der Waals surface area contributed by atoms with Crippen LogP contribution in [0.3, 0.4) is 0 Å². The summed E-state index contributed by atoms with van der Waals surface area (Å²) in [5.74, 6) is -0.212. The number of hydrogen-bond donors (Lipinski definition) is 1. The van der Waals surface area contributed by atoms with Crippen molar-refractivity contribution in [3.63, 3.8) is 0 Å². The number of carbonyl (C=O) groups excluding carboxylic acids is 2. The summed E-state index contributed by atoms with van der Waals surface area (Å²) in [5, 5.41) is 3.43. The lowest BCUT2D eigenvalue weighted by atomic mass is 10.0. The van der Waals surface area contributed by atoms with Crippen molar-refractivity contribution in [2.45, 2.75) is 25.7 Å². The molecule has 1 fully saturated rings. The Balaban J connectivity index is 1.45. The molecule has 29 heavy (non-hydrogen) atoms.